The van der Waals surface area contributed by atoms with E-state index in [2.05, 4.69) is 0 Å². The fraction of sp³-hybridized carbons (Fsp3) is 0.500. The number of hydrogen-bond donors (Lipinski definition) is 1. The lowest BCUT2D eigenvalue weighted by atomic mass is 10.00. The molecule has 1 unspecified atom stereocenters. The van der Waals surface area contributed by atoms with Gasteiger partial charge in [0.15, 0.2) is 17.6 Å². The predicted molar refractivity (Wildman–Crippen MR) is 70.6 cm³/mol. The fourth-order valence-corrected chi connectivity index (χ4v) is 1.90. The first-order chi connectivity index (χ1) is 8.97. The molecule has 106 valence electrons. The molecule has 0 fully saturated rings. The summed E-state index contributed by atoms with van der Waals surface area (Å²) in [5.41, 5.74) is 2.15. The highest BCUT2D eigenvalue weighted by Gasteiger charge is 2.26. The zero-order valence-corrected chi connectivity index (χ0v) is 11.9. The molecule has 0 spiro atoms. The van der Waals surface area contributed by atoms with Crippen molar-refractivity contribution in [1.29, 1.82) is 0 Å². The van der Waals surface area contributed by atoms with E-state index in [4.69, 9.17) is 14.2 Å². The molecule has 0 heterocycles. The highest BCUT2D eigenvalue weighted by Crippen LogP contribution is 2.39. The molecule has 0 aliphatic heterocycles. The molecule has 0 aliphatic carbocycles. The fourth-order valence-electron chi connectivity index (χ4n) is 1.90. The van der Waals surface area contributed by atoms with Crippen molar-refractivity contribution in [1.82, 2.24) is 0 Å². The van der Waals surface area contributed by atoms with Crippen LogP contribution in [0.4, 0.5) is 0 Å². The Morgan fingerprint density at radius 1 is 1.26 bits per heavy atom. The summed E-state index contributed by atoms with van der Waals surface area (Å²) in [7, 11) is 2.98. The van der Waals surface area contributed by atoms with Crippen molar-refractivity contribution in [2.75, 3.05) is 20.8 Å². The Bertz CT molecular complexity index is 467. The summed E-state index contributed by atoms with van der Waals surface area (Å²) in [6.07, 6.45) is -1.39. The average Bonchev–Trinajstić information content (AvgIpc) is 2.40. The lowest BCUT2D eigenvalue weighted by Gasteiger charge is -2.19. The largest absolute Gasteiger partial charge is 0.493 e. The van der Waals surface area contributed by atoms with Gasteiger partial charge in [0.05, 0.1) is 20.8 Å². The molecule has 1 rings (SSSR count). The van der Waals surface area contributed by atoms with Gasteiger partial charge in [0.2, 0.25) is 0 Å². The van der Waals surface area contributed by atoms with Crippen molar-refractivity contribution in [2.45, 2.75) is 26.9 Å². The summed E-state index contributed by atoms with van der Waals surface area (Å²) in [5.74, 6) is 0.165. The van der Waals surface area contributed by atoms with Crippen LogP contribution in [0.15, 0.2) is 6.07 Å². The van der Waals surface area contributed by atoms with Crippen molar-refractivity contribution in [3.63, 3.8) is 0 Å². The van der Waals surface area contributed by atoms with Gasteiger partial charge in [-0.15, -0.1) is 0 Å². The molecule has 1 aromatic carbocycles. The molecule has 0 saturated carbocycles. The number of hydrogen-bond acceptors (Lipinski definition) is 5. The Labute approximate surface area is 113 Å². The van der Waals surface area contributed by atoms with Crippen LogP contribution in [0.5, 0.6) is 11.5 Å². The van der Waals surface area contributed by atoms with Crippen molar-refractivity contribution in [2.24, 2.45) is 0 Å². The quantitative estimate of drug-likeness (QED) is 0.826. The number of ether oxygens (including phenoxy) is 3. The summed E-state index contributed by atoms with van der Waals surface area (Å²) in [6, 6.07) is 1.71. The van der Waals surface area contributed by atoms with Crippen LogP contribution in [0.2, 0.25) is 0 Å². The maximum Gasteiger partial charge on any atom is 0.339 e. The SMILES string of the molecule is CCOC(=O)C(O)c1cc(C)c(C)c(OC)c1OC. The second kappa shape index (κ2) is 6.43. The Morgan fingerprint density at radius 3 is 2.32 bits per heavy atom. The van der Waals surface area contributed by atoms with Gasteiger partial charge in [-0.1, -0.05) is 0 Å². The van der Waals surface area contributed by atoms with E-state index in [0.29, 0.717) is 17.1 Å². The van der Waals surface area contributed by atoms with Gasteiger partial charge in [-0.05, 0) is 38.0 Å². The van der Waals surface area contributed by atoms with E-state index >= 15 is 0 Å². The zero-order chi connectivity index (χ0) is 14.6. The number of carbonyl (C=O) groups is 1. The van der Waals surface area contributed by atoms with Crippen molar-refractivity contribution >= 4 is 5.97 Å². The molecule has 1 atom stereocenters. The van der Waals surface area contributed by atoms with Crippen LogP contribution in [-0.4, -0.2) is 31.9 Å². The normalized spacial score (nSPS) is 11.9. The maximum absolute atomic E-state index is 11.6. The molecule has 0 aromatic heterocycles. The highest BCUT2D eigenvalue weighted by atomic mass is 16.5. The van der Waals surface area contributed by atoms with Crippen LogP contribution in [-0.2, 0) is 9.53 Å². The summed E-state index contributed by atoms with van der Waals surface area (Å²) in [6.45, 7) is 5.65. The van der Waals surface area contributed by atoms with Crippen LogP contribution in [0.25, 0.3) is 0 Å². The molecule has 0 radical (unpaired) electrons. The molecule has 19 heavy (non-hydrogen) atoms. The number of rotatable bonds is 5. The zero-order valence-electron chi connectivity index (χ0n) is 11.9. The van der Waals surface area contributed by atoms with Crippen LogP contribution in [0, 0.1) is 13.8 Å². The molecule has 5 nitrogen and oxygen atoms in total. The van der Waals surface area contributed by atoms with E-state index < -0.39 is 12.1 Å². The van der Waals surface area contributed by atoms with Crippen LogP contribution < -0.4 is 9.47 Å². The standard InChI is InChI=1S/C14H20O5/c1-6-19-14(16)11(15)10-7-8(2)9(3)12(17-4)13(10)18-5/h7,11,15H,6H2,1-5H3. The molecular formula is C14H20O5. The van der Waals surface area contributed by atoms with Crippen molar-refractivity contribution < 1.29 is 24.1 Å². The molecule has 0 aliphatic rings. The first-order valence-corrected chi connectivity index (χ1v) is 6.04. The van der Waals surface area contributed by atoms with Gasteiger partial charge >= 0.3 is 5.97 Å². The number of methoxy groups -OCH3 is 2. The van der Waals surface area contributed by atoms with E-state index in [1.807, 2.05) is 13.8 Å². The van der Waals surface area contributed by atoms with Gasteiger partial charge in [0.1, 0.15) is 0 Å². The van der Waals surface area contributed by atoms with Gasteiger partial charge in [-0.2, -0.15) is 0 Å². The highest BCUT2D eigenvalue weighted by molar-refractivity contribution is 5.78. The number of carbonyl (C=O) groups excluding carboxylic acids is 1. The van der Waals surface area contributed by atoms with Crippen LogP contribution in [0.1, 0.15) is 29.7 Å². The summed E-state index contributed by atoms with van der Waals surface area (Å²) in [4.78, 5) is 11.6. The lowest BCUT2D eigenvalue weighted by Crippen LogP contribution is -2.17. The van der Waals surface area contributed by atoms with Gasteiger partial charge in [0, 0.05) is 5.56 Å². The lowest BCUT2D eigenvalue weighted by molar-refractivity contribution is -0.153. The topological polar surface area (TPSA) is 65.0 Å². The number of aliphatic hydroxyl groups is 1. The van der Waals surface area contributed by atoms with E-state index in [-0.39, 0.29) is 6.61 Å². The van der Waals surface area contributed by atoms with Gasteiger partial charge in [-0.25, -0.2) is 4.79 Å². The second-order valence-corrected chi connectivity index (χ2v) is 4.13. The van der Waals surface area contributed by atoms with Gasteiger partial charge in [0.25, 0.3) is 0 Å². The van der Waals surface area contributed by atoms with Crippen molar-refractivity contribution in [3.05, 3.63) is 22.8 Å². The first kappa shape index (κ1) is 15.3. The third-order valence-corrected chi connectivity index (χ3v) is 2.99. The predicted octanol–water partition coefficient (Wildman–Crippen LogP) is 1.92. The van der Waals surface area contributed by atoms with E-state index in [1.165, 1.54) is 14.2 Å². The molecule has 0 saturated heterocycles. The van der Waals surface area contributed by atoms with E-state index in [1.54, 1.807) is 13.0 Å². The monoisotopic (exact) mass is 268 g/mol. The first-order valence-electron chi connectivity index (χ1n) is 6.04. The van der Waals surface area contributed by atoms with E-state index in [0.717, 1.165) is 11.1 Å². The van der Waals surface area contributed by atoms with Gasteiger partial charge < -0.3 is 19.3 Å². The van der Waals surface area contributed by atoms with Gasteiger partial charge in [-0.3, -0.25) is 0 Å². The molecular weight excluding hydrogens is 248 g/mol. The molecule has 1 aromatic rings. The summed E-state index contributed by atoms with van der Waals surface area (Å²) < 4.78 is 15.4. The maximum atomic E-state index is 11.6. The smallest absolute Gasteiger partial charge is 0.339 e. The minimum Gasteiger partial charge on any atom is -0.493 e. The molecule has 0 amide bonds. The van der Waals surface area contributed by atoms with E-state index in [9.17, 15) is 9.90 Å². The van der Waals surface area contributed by atoms with Crippen LogP contribution >= 0.6 is 0 Å². The average molecular weight is 268 g/mol. The number of esters is 1. The minimum absolute atomic E-state index is 0.209. The Balaban J connectivity index is 3.34. The Hall–Kier alpha value is -1.75. The minimum atomic E-state index is -1.39. The third-order valence-electron chi connectivity index (χ3n) is 2.99. The number of aryl methyl sites for hydroxylation is 1. The molecule has 0 bridgehead atoms. The summed E-state index contributed by atoms with van der Waals surface area (Å²) in [5, 5.41) is 10.1. The van der Waals surface area contributed by atoms with Crippen LogP contribution in [0.3, 0.4) is 0 Å². The second-order valence-electron chi connectivity index (χ2n) is 4.13. The summed E-state index contributed by atoms with van der Waals surface area (Å²) >= 11 is 0. The van der Waals surface area contributed by atoms with Crippen molar-refractivity contribution in [3.8, 4) is 11.5 Å². The number of benzene rings is 1. The molecule has 1 N–H and O–H groups in total. The third kappa shape index (κ3) is 2.98. The number of aliphatic hydroxyl groups excluding tert-OH is 1. The Morgan fingerprint density at radius 2 is 1.84 bits per heavy atom. The molecule has 5 heteroatoms. The Kier molecular flexibility index (Phi) is 5.18.